The molecule has 0 bridgehead atoms. The third-order valence-electron chi connectivity index (χ3n) is 4.54. The molecule has 29 heavy (non-hydrogen) atoms. The molecule has 1 aromatic rings. The topological polar surface area (TPSA) is 78.0 Å². The molecule has 0 fully saturated rings. The van der Waals surface area contributed by atoms with Gasteiger partial charge in [0.1, 0.15) is 5.75 Å². The van der Waals surface area contributed by atoms with Crippen LogP contribution in [-0.4, -0.2) is 62.1 Å². The van der Waals surface area contributed by atoms with Gasteiger partial charge in [0.05, 0.1) is 0 Å². The molecular weight excluding hydrogens is 366 g/mol. The Bertz CT molecular complexity index is 623. The molecule has 1 rings (SSSR count). The van der Waals surface area contributed by atoms with E-state index in [9.17, 15) is 4.79 Å². The standard InChI is InChI=1S/C22H39N5O2/c1-7-24-21(28)16-29-20-11-8-10-19(14-20)15-26-22(23-6)25-12-9-13-27(17(2)3)18(4)5/h8,10-11,14,17-18H,7,9,12-13,15-16H2,1-6H3,(H,24,28)(H2,23,25,26). The molecule has 0 unspecified atom stereocenters. The maximum atomic E-state index is 11.5. The van der Waals surface area contributed by atoms with Crippen molar-refractivity contribution < 1.29 is 9.53 Å². The lowest BCUT2D eigenvalue weighted by molar-refractivity contribution is -0.122. The molecular formula is C22H39N5O2. The van der Waals surface area contributed by atoms with Gasteiger partial charge in [-0.05, 0) is 58.7 Å². The smallest absolute Gasteiger partial charge is 0.257 e. The van der Waals surface area contributed by atoms with Gasteiger partial charge < -0.3 is 20.7 Å². The predicted molar refractivity (Wildman–Crippen MR) is 120 cm³/mol. The van der Waals surface area contributed by atoms with E-state index in [2.05, 4.69) is 53.5 Å². The Balaban J connectivity index is 2.40. The van der Waals surface area contributed by atoms with E-state index in [-0.39, 0.29) is 12.5 Å². The first-order valence-corrected chi connectivity index (χ1v) is 10.6. The quantitative estimate of drug-likeness (QED) is 0.283. The summed E-state index contributed by atoms with van der Waals surface area (Å²) in [5, 5.41) is 9.41. The van der Waals surface area contributed by atoms with E-state index >= 15 is 0 Å². The molecule has 0 atom stereocenters. The van der Waals surface area contributed by atoms with Crippen LogP contribution in [0.15, 0.2) is 29.3 Å². The molecule has 0 spiro atoms. The lowest BCUT2D eigenvalue weighted by Gasteiger charge is -2.30. The van der Waals surface area contributed by atoms with Gasteiger partial charge in [0.2, 0.25) is 0 Å². The van der Waals surface area contributed by atoms with Crippen LogP contribution in [0.2, 0.25) is 0 Å². The second-order valence-electron chi connectivity index (χ2n) is 7.52. The first-order chi connectivity index (χ1) is 13.9. The van der Waals surface area contributed by atoms with Gasteiger partial charge in [0.25, 0.3) is 5.91 Å². The van der Waals surface area contributed by atoms with Crippen LogP contribution in [0.4, 0.5) is 0 Å². The number of rotatable bonds is 12. The fourth-order valence-corrected chi connectivity index (χ4v) is 3.13. The highest BCUT2D eigenvalue weighted by Gasteiger charge is 2.12. The normalized spacial score (nSPS) is 11.8. The average Bonchev–Trinajstić information content (AvgIpc) is 2.68. The van der Waals surface area contributed by atoms with Crippen molar-refractivity contribution in [3.8, 4) is 5.75 Å². The highest BCUT2D eigenvalue weighted by molar-refractivity contribution is 5.79. The van der Waals surface area contributed by atoms with Crippen LogP contribution < -0.4 is 20.7 Å². The molecule has 3 N–H and O–H groups in total. The zero-order chi connectivity index (χ0) is 21.6. The van der Waals surface area contributed by atoms with Crippen molar-refractivity contribution in [1.82, 2.24) is 20.9 Å². The van der Waals surface area contributed by atoms with Crippen molar-refractivity contribution in [3.63, 3.8) is 0 Å². The second kappa shape index (κ2) is 13.8. The Labute approximate surface area is 176 Å². The predicted octanol–water partition coefficient (Wildman–Crippen LogP) is 2.38. The highest BCUT2D eigenvalue weighted by Crippen LogP contribution is 2.13. The number of ether oxygens (including phenoxy) is 1. The van der Waals surface area contributed by atoms with Crippen LogP contribution in [-0.2, 0) is 11.3 Å². The fraction of sp³-hybridized carbons (Fsp3) is 0.636. The number of likely N-dealkylation sites (N-methyl/N-ethyl adjacent to an activating group) is 1. The zero-order valence-electron chi connectivity index (χ0n) is 18.9. The maximum Gasteiger partial charge on any atom is 0.257 e. The molecule has 0 radical (unpaired) electrons. The van der Waals surface area contributed by atoms with Crippen molar-refractivity contribution in [2.75, 3.05) is 33.3 Å². The monoisotopic (exact) mass is 405 g/mol. The number of amides is 1. The van der Waals surface area contributed by atoms with Gasteiger partial charge in [-0.1, -0.05) is 12.1 Å². The van der Waals surface area contributed by atoms with E-state index in [1.54, 1.807) is 7.05 Å². The highest BCUT2D eigenvalue weighted by atomic mass is 16.5. The van der Waals surface area contributed by atoms with Gasteiger partial charge in [-0.15, -0.1) is 0 Å². The first kappa shape index (κ1) is 24.8. The summed E-state index contributed by atoms with van der Waals surface area (Å²) in [6.07, 6.45) is 1.06. The Morgan fingerprint density at radius 3 is 2.48 bits per heavy atom. The number of aliphatic imine (C=N–C) groups is 1. The molecule has 1 amide bonds. The number of carbonyl (C=O) groups excluding carboxylic acids is 1. The van der Waals surface area contributed by atoms with Crippen LogP contribution in [0.3, 0.4) is 0 Å². The fourth-order valence-electron chi connectivity index (χ4n) is 3.13. The Morgan fingerprint density at radius 1 is 1.14 bits per heavy atom. The van der Waals surface area contributed by atoms with E-state index in [0.29, 0.717) is 30.9 Å². The molecule has 0 aromatic heterocycles. The Morgan fingerprint density at radius 2 is 1.86 bits per heavy atom. The number of benzene rings is 1. The van der Waals surface area contributed by atoms with Crippen LogP contribution >= 0.6 is 0 Å². The van der Waals surface area contributed by atoms with Crippen molar-refractivity contribution in [2.24, 2.45) is 4.99 Å². The SMILES string of the molecule is CCNC(=O)COc1cccc(CNC(=NC)NCCCN(C(C)C)C(C)C)c1. The summed E-state index contributed by atoms with van der Waals surface area (Å²) in [6, 6.07) is 8.83. The first-order valence-electron chi connectivity index (χ1n) is 10.6. The minimum atomic E-state index is -0.117. The Kier molecular flexibility index (Phi) is 11.8. The molecule has 7 nitrogen and oxygen atoms in total. The third-order valence-corrected chi connectivity index (χ3v) is 4.54. The maximum absolute atomic E-state index is 11.5. The number of guanidine groups is 1. The molecule has 164 valence electrons. The number of nitrogens with one attached hydrogen (secondary N) is 3. The molecule has 0 aliphatic carbocycles. The lowest BCUT2D eigenvalue weighted by Crippen LogP contribution is -2.41. The number of hydrogen-bond acceptors (Lipinski definition) is 4. The van der Waals surface area contributed by atoms with Crippen molar-refractivity contribution >= 4 is 11.9 Å². The summed E-state index contributed by atoms with van der Waals surface area (Å²) >= 11 is 0. The van der Waals surface area contributed by atoms with Gasteiger partial charge in [-0.25, -0.2) is 0 Å². The van der Waals surface area contributed by atoms with Crippen LogP contribution in [0.5, 0.6) is 5.75 Å². The van der Waals surface area contributed by atoms with Gasteiger partial charge in [0, 0.05) is 45.3 Å². The molecule has 0 saturated carbocycles. The summed E-state index contributed by atoms with van der Waals surface area (Å²) in [4.78, 5) is 18.3. The van der Waals surface area contributed by atoms with E-state index in [1.807, 2.05) is 31.2 Å². The minimum absolute atomic E-state index is 0.0255. The number of carbonyl (C=O) groups is 1. The minimum Gasteiger partial charge on any atom is -0.484 e. The zero-order valence-corrected chi connectivity index (χ0v) is 18.9. The number of hydrogen-bond donors (Lipinski definition) is 3. The average molecular weight is 406 g/mol. The van der Waals surface area contributed by atoms with E-state index in [1.165, 1.54) is 0 Å². The van der Waals surface area contributed by atoms with Crippen LogP contribution in [0, 0.1) is 0 Å². The number of nitrogens with zero attached hydrogens (tertiary/aromatic N) is 2. The third kappa shape index (κ3) is 10.2. The summed E-state index contributed by atoms with van der Waals surface area (Å²) in [5.41, 5.74) is 1.06. The van der Waals surface area contributed by atoms with Gasteiger partial charge in [0.15, 0.2) is 12.6 Å². The molecule has 1 aromatic carbocycles. The van der Waals surface area contributed by atoms with Gasteiger partial charge in [-0.3, -0.25) is 14.7 Å². The summed E-state index contributed by atoms with van der Waals surface area (Å²) < 4.78 is 5.54. The molecule has 0 heterocycles. The molecule has 0 aliphatic rings. The lowest BCUT2D eigenvalue weighted by atomic mass is 10.2. The second-order valence-corrected chi connectivity index (χ2v) is 7.52. The summed E-state index contributed by atoms with van der Waals surface area (Å²) in [6.45, 7) is 14.0. The van der Waals surface area contributed by atoms with Gasteiger partial charge >= 0.3 is 0 Å². The molecule has 0 aliphatic heterocycles. The molecule has 7 heteroatoms. The summed E-state index contributed by atoms with van der Waals surface area (Å²) in [5.74, 6) is 1.34. The van der Waals surface area contributed by atoms with E-state index < -0.39 is 0 Å². The molecule has 0 saturated heterocycles. The van der Waals surface area contributed by atoms with Crippen LogP contribution in [0.25, 0.3) is 0 Å². The van der Waals surface area contributed by atoms with Gasteiger partial charge in [-0.2, -0.15) is 0 Å². The largest absolute Gasteiger partial charge is 0.484 e. The van der Waals surface area contributed by atoms with E-state index in [0.717, 1.165) is 31.0 Å². The summed E-state index contributed by atoms with van der Waals surface area (Å²) in [7, 11) is 1.77. The van der Waals surface area contributed by atoms with Crippen molar-refractivity contribution in [3.05, 3.63) is 29.8 Å². The van der Waals surface area contributed by atoms with E-state index in [4.69, 9.17) is 4.74 Å². The van der Waals surface area contributed by atoms with Crippen LogP contribution in [0.1, 0.15) is 46.6 Å². The van der Waals surface area contributed by atoms with Crippen molar-refractivity contribution in [1.29, 1.82) is 0 Å². The Hall–Kier alpha value is -2.28. The van der Waals surface area contributed by atoms with Crippen molar-refractivity contribution in [2.45, 2.75) is 59.7 Å².